The molecular formula is C15H18N2O3S. The molecule has 1 aromatic heterocycles. The number of nitro groups is 1. The van der Waals surface area contributed by atoms with Crippen LogP contribution in [0.25, 0.3) is 0 Å². The van der Waals surface area contributed by atoms with Crippen molar-refractivity contribution in [2.75, 3.05) is 6.54 Å². The van der Waals surface area contributed by atoms with Crippen molar-refractivity contribution >= 4 is 17.0 Å². The lowest BCUT2D eigenvalue weighted by Crippen LogP contribution is -2.13. The highest BCUT2D eigenvalue weighted by Crippen LogP contribution is 2.29. The molecule has 0 saturated heterocycles. The second-order valence-electron chi connectivity index (χ2n) is 4.66. The number of rotatable bonds is 8. The number of nitrogens with zero attached hydrogens (tertiary/aromatic N) is 1. The van der Waals surface area contributed by atoms with Gasteiger partial charge >= 0.3 is 5.69 Å². The molecule has 0 radical (unpaired) electrons. The highest BCUT2D eigenvalue weighted by molar-refractivity contribution is 7.07. The average Bonchev–Trinajstić information content (AvgIpc) is 2.99. The van der Waals surface area contributed by atoms with Crippen molar-refractivity contribution in [3.63, 3.8) is 0 Å². The molecule has 21 heavy (non-hydrogen) atoms. The summed E-state index contributed by atoms with van der Waals surface area (Å²) < 4.78 is 5.57. The Morgan fingerprint density at radius 2 is 2.19 bits per heavy atom. The van der Waals surface area contributed by atoms with E-state index in [0.717, 1.165) is 24.1 Å². The highest BCUT2D eigenvalue weighted by atomic mass is 32.1. The van der Waals surface area contributed by atoms with Crippen LogP contribution in [0, 0.1) is 10.1 Å². The van der Waals surface area contributed by atoms with Gasteiger partial charge in [0.2, 0.25) is 0 Å². The number of hydrogen-bond acceptors (Lipinski definition) is 5. The van der Waals surface area contributed by atoms with Crippen LogP contribution in [0.5, 0.6) is 5.75 Å². The van der Waals surface area contributed by atoms with Crippen LogP contribution >= 0.6 is 11.3 Å². The summed E-state index contributed by atoms with van der Waals surface area (Å²) in [6.45, 7) is 3.94. The van der Waals surface area contributed by atoms with E-state index in [1.165, 1.54) is 0 Å². The predicted molar refractivity (Wildman–Crippen MR) is 83.7 cm³/mol. The van der Waals surface area contributed by atoms with E-state index in [1.807, 2.05) is 22.9 Å². The van der Waals surface area contributed by atoms with Gasteiger partial charge in [-0.3, -0.25) is 10.1 Å². The molecule has 0 saturated carbocycles. The molecule has 0 aliphatic carbocycles. The molecule has 1 N–H and O–H groups in total. The molecule has 0 atom stereocenters. The van der Waals surface area contributed by atoms with Gasteiger partial charge in [-0.15, -0.1) is 0 Å². The number of hydrogen-bond donors (Lipinski definition) is 1. The van der Waals surface area contributed by atoms with Crippen molar-refractivity contribution in [1.29, 1.82) is 0 Å². The van der Waals surface area contributed by atoms with E-state index >= 15 is 0 Å². The molecule has 0 amide bonds. The Morgan fingerprint density at radius 1 is 1.33 bits per heavy atom. The van der Waals surface area contributed by atoms with Crippen molar-refractivity contribution < 1.29 is 9.66 Å². The fraction of sp³-hybridized carbons (Fsp3) is 0.333. The van der Waals surface area contributed by atoms with Crippen LogP contribution in [0.4, 0.5) is 5.69 Å². The van der Waals surface area contributed by atoms with E-state index in [2.05, 4.69) is 12.2 Å². The number of benzene rings is 1. The molecule has 0 bridgehead atoms. The third-order valence-corrected chi connectivity index (χ3v) is 3.68. The van der Waals surface area contributed by atoms with E-state index in [9.17, 15) is 10.1 Å². The molecule has 0 unspecified atom stereocenters. The van der Waals surface area contributed by atoms with E-state index in [0.29, 0.717) is 18.9 Å². The van der Waals surface area contributed by atoms with Crippen molar-refractivity contribution in [3.05, 3.63) is 56.3 Å². The smallest absolute Gasteiger partial charge is 0.311 e. The van der Waals surface area contributed by atoms with Crippen molar-refractivity contribution in [1.82, 2.24) is 5.32 Å². The van der Waals surface area contributed by atoms with Crippen molar-refractivity contribution in [2.45, 2.75) is 26.5 Å². The summed E-state index contributed by atoms with van der Waals surface area (Å²) in [6.07, 6.45) is 1.03. The normalized spacial score (nSPS) is 10.5. The van der Waals surface area contributed by atoms with Crippen LogP contribution in [-0.4, -0.2) is 11.5 Å². The molecular weight excluding hydrogens is 288 g/mol. The zero-order valence-corrected chi connectivity index (χ0v) is 12.7. The number of nitrogens with one attached hydrogen (secondary N) is 1. The summed E-state index contributed by atoms with van der Waals surface area (Å²) in [4.78, 5) is 10.8. The second kappa shape index (κ2) is 7.75. The zero-order valence-electron chi connectivity index (χ0n) is 11.9. The quantitative estimate of drug-likeness (QED) is 0.458. The minimum Gasteiger partial charge on any atom is -0.482 e. The molecule has 5 nitrogen and oxygen atoms in total. The van der Waals surface area contributed by atoms with Gasteiger partial charge in [0.25, 0.3) is 0 Å². The summed E-state index contributed by atoms with van der Waals surface area (Å²) in [5.41, 5.74) is 1.92. The van der Waals surface area contributed by atoms with Gasteiger partial charge in [0.1, 0.15) is 6.61 Å². The minimum atomic E-state index is -0.397. The Kier molecular flexibility index (Phi) is 5.71. The van der Waals surface area contributed by atoms with Crippen LogP contribution in [0.2, 0.25) is 0 Å². The highest BCUT2D eigenvalue weighted by Gasteiger charge is 2.16. The Morgan fingerprint density at radius 3 is 2.86 bits per heavy atom. The number of nitro benzene ring substituents is 1. The summed E-state index contributed by atoms with van der Waals surface area (Å²) >= 11 is 1.58. The van der Waals surface area contributed by atoms with Gasteiger partial charge in [-0.1, -0.05) is 13.0 Å². The molecule has 1 aromatic carbocycles. The molecule has 2 rings (SSSR count). The molecule has 0 aliphatic heterocycles. The van der Waals surface area contributed by atoms with Gasteiger partial charge < -0.3 is 10.1 Å². The van der Waals surface area contributed by atoms with Gasteiger partial charge in [0, 0.05) is 12.6 Å². The zero-order chi connectivity index (χ0) is 15.1. The molecule has 2 aromatic rings. The summed E-state index contributed by atoms with van der Waals surface area (Å²) in [5, 5.41) is 18.3. The summed E-state index contributed by atoms with van der Waals surface area (Å²) in [5.74, 6) is 0.311. The molecule has 112 valence electrons. The topological polar surface area (TPSA) is 64.4 Å². The van der Waals surface area contributed by atoms with E-state index in [1.54, 1.807) is 23.5 Å². The van der Waals surface area contributed by atoms with Gasteiger partial charge in [0.05, 0.1) is 4.92 Å². The monoisotopic (exact) mass is 306 g/mol. The lowest BCUT2D eigenvalue weighted by atomic mass is 10.2. The number of ether oxygens (including phenoxy) is 1. The first-order valence-corrected chi connectivity index (χ1v) is 7.77. The molecule has 0 spiro atoms. The third-order valence-electron chi connectivity index (χ3n) is 2.95. The fourth-order valence-corrected chi connectivity index (χ4v) is 2.54. The lowest BCUT2D eigenvalue weighted by molar-refractivity contribution is -0.386. The molecule has 6 heteroatoms. The van der Waals surface area contributed by atoms with E-state index < -0.39 is 4.92 Å². The van der Waals surface area contributed by atoms with Gasteiger partial charge in [0.15, 0.2) is 5.75 Å². The SMILES string of the molecule is CCCNCc1ccc(OCc2ccsc2)c([N+](=O)[O-])c1. The first-order valence-electron chi connectivity index (χ1n) is 6.82. The summed E-state index contributed by atoms with van der Waals surface area (Å²) in [6, 6.07) is 7.05. The molecule has 0 fully saturated rings. The number of thiophene rings is 1. The Bertz CT molecular complexity index is 585. The Labute approximate surface area is 127 Å². The van der Waals surface area contributed by atoms with Gasteiger partial charge in [-0.2, -0.15) is 11.3 Å². The van der Waals surface area contributed by atoms with Crippen LogP contribution < -0.4 is 10.1 Å². The summed E-state index contributed by atoms with van der Waals surface area (Å²) in [7, 11) is 0. The maximum Gasteiger partial charge on any atom is 0.311 e. The van der Waals surface area contributed by atoms with E-state index in [-0.39, 0.29) is 5.69 Å². The first kappa shape index (κ1) is 15.5. The van der Waals surface area contributed by atoms with Crippen LogP contribution in [0.15, 0.2) is 35.0 Å². The Balaban J connectivity index is 2.07. The molecule has 0 aliphatic rings. The predicted octanol–water partition coefficient (Wildman–Crippen LogP) is 3.73. The fourth-order valence-electron chi connectivity index (χ4n) is 1.88. The van der Waals surface area contributed by atoms with Gasteiger partial charge in [-0.25, -0.2) is 0 Å². The van der Waals surface area contributed by atoms with Crippen molar-refractivity contribution in [3.8, 4) is 5.75 Å². The minimum absolute atomic E-state index is 0.0148. The van der Waals surface area contributed by atoms with Gasteiger partial charge in [-0.05, 0) is 47.0 Å². The lowest BCUT2D eigenvalue weighted by Gasteiger charge is -2.08. The average molecular weight is 306 g/mol. The molecule has 1 heterocycles. The van der Waals surface area contributed by atoms with Crippen LogP contribution in [-0.2, 0) is 13.2 Å². The van der Waals surface area contributed by atoms with Crippen LogP contribution in [0.1, 0.15) is 24.5 Å². The van der Waals surface area contributed by atoms with Crippen molar-refractivity contribution in [2.24, 2.45) is 0 Å². The second-order valence-corrected chi connectivity index (χ2v) is 5.44. The Hall–Kier alpha value is -1.92. The third kappa shape index (κ3) is 4.54. The first-order chi connectivity index (χ1) is 10.2. The maximum atomic E-state index is 11.2. The standard InChI is InChI=1S/C15H18N2O3S/c1-2-6-16-9-12-3-4-15(14(8-12)17(18)19)20-10-13-5-7-21-11-13/h3-5,7-8,11,16H,2,6,9-10H2,1H3. The van der Waals surface area contributed by atoms with E-state index in [4.69, 9.17) is 4.74 Å². The largest absolute Gasteiger partial charge is 0.482 e. The maximum absolute atomic E-state index is 11.2. The van der Waals surface area contributed by atoms with Crippen LogP contribution in [0.3, 0.4) is 0 Å².